The predicted octanol–water partition coefficient (Wildman–Crippen LogP) is 1.85. The molecule has 2 aliphatic rings. The zero-order chi connectivity index (χ0) is 22.7. The van der Waals surface area contributed by atoms with Crippen LogP contribution in [0.3, 0.4) is 0 Å². The lowest BCUT2D eigenvalue weighted by atomic mass is 10.2. The van der Waals surface area contributed by atoms with E-state index in [0.717, 1.165) is 12.8 Å². The van der Waals surface area contributed by atoms with E-state index in [1.807, 2.05) is 11.8 Å². The number of rotatable bonds is 6. The largest absolute Gasteiger partial charge is 0.459 e. The normalized spacial score (nSPS) is 19.1. The van der Waals surface area contributed by atoms with Gasteiger partial charge < -0.3 is 14.6 Å². The van der Waals surface area contributed by atoms with Gasteiger partial charge in [-0.1, -0.05) is 0 Å². The topological polar surface area (TPSA) is 103 Å². The summed E-state index contributed by atoms with van der Waals surface area (Å²) in [6.07, 6.45) is 3.25. The molecule has 0 spiro atoms. The summed E-state index contributed by atoms with van der Waals surface area (Å²) >= 11 is 0. The Morgan fingerprint density at radius 1 is 0.969 bits per heavy atom. The summed E-state index contributed by atoms with van der Waals surface area (Å²) < 4.78 is 31.9. The maximum atomic E-state index is 12.7. The van der Waals surface area contributed by atoms with E-state index in [2.05, 4.69) is 5.32 Å². The van der Waals surface area contributed by atoms with Crippen molar-refractivity contribution in [2.45, 2.75) is 30.7 Å². The van der Waals surface area contributed by atoms with Crippen LogP contribution >= 0.6 is 0 Å². The molecular formula is C22H28N4O5S. The fourth-order valence-electron chi connectivity index (χ4n) is 4.07. The van der Waals surface area contributed by atoms with Crippen LogP contribution in [0.1, 0.15) is 30.3 Å². The van der Waals surface area contributed by atoms with Crippen molar-refractivity contribution >= 4 is 27.5 Å². The van der Waals surface area contributed by atoms with Gasteiger partial charge in [-0.15, -0.1) is 0 Å². The van der Waals surface area contributed by atoms with Crippen molar-refractivity contribution in [3.05, 3.63) is 48.4 Å². The third-order valence-electron chi connectivity index (χ3n) is 6.09. The Balaban J connectivity index is 1.30. The third-order valence-corrected chi connectivity index (χ3v) is 8.00. The zero-order valence-electron chi connectivity index (χ0n) is 18.1. The van der Waals surface area contributed by atoms with E-state index in [0.29, 0.717) is 50.7 Å². The smallest absolute Gasteiger partial charge is 0.289 e. The molecule has 2 saturated heterocycles. The molecule has 0 bridgehead atoms. The number of piperazine rings is 1. The SMILES string of the molecule is C[C@H](C(=O)Nc1ccc(S(=O)(=O)N2CCCC2)cc1)N1CCN(C(=O)c2ccco2)CC1. The van der Waals surface area contributed by atoms with Gasteiger partial charge in [0.1, 0.15) is 0 Å². The number of sulfonamides is 1. The van der Waals surface area contributed by atoms with E-state index in [1.165, 1.54) is 22.7 Å². The van der Waals surface area contributed by atoms with Gasteiger partial charge in [0.25, 0.3) is 5.91 Å². The van der Waals surface area contributed by atoms with Gasteiger partial charge in [0.05, 0.1) is 17.2 Å². The summed E-state index contributed by atoms with van der Waals surface area (Å²) in [6.45, 7) is 5.12. The lowest BCUT2D eigenvalue weighted by Gasteiger charge is -2.37. The number of amides is 2. The minimum atomic E-state index is -3.47. The number of anilines is 1. The summed E-state index contributed by atoms with van der Waals surface area (Å²) in [6, 6.07) is 9.25. The average molecular weight is 461 g/mol. The standard InChI is InChI=1S/C22H28N4O5S/c1-17(24-12-14-25(15-13-24)22(28)20-5-4-16-31-20)21(27)23-18-6-8-19(9-7-18)32(29,30)26-10-2-3-11-26/h4-9,16-17H,2-3,10-15H2,1H3,(H,23,27)/t17-/m1/s1. The van der Waals surface area contributed by atoms with E-state index in [4.69, 9.17) is 4.42 Å². The third kappa shape index (κ3) is 4.72. The van der Waals surface area contributed by atoms with E-state index < -0.39 is 10.0 Å². The number of hydrogen-bond acceptors (Lipinski definition) is 6. The van der Waals surface area contributed by atoms with E-state index in [-0.39, 0.29) is 22.8 Å². The fourth-order valence-corrected chi connectivity index (χ4v) is 5.59. The lowest BCUT2D eigenvalue weighted by molar-refractivity contribution is -0.121. The summed E-state index contributed by atoms with van der Waals surface area (Å²) in [5, 5.41) is 2.86. The van der Waals surface area contributed by atoms with Crippen LogP contribution in [0.5, 0.6) is 0 Å². The molecule has 32 heavy (non-hydrogen) atoms. The molecular weight excluding hydrogens is 432 g/mol. The second-order valence-corrected chi connectivity index (χ2v) is 10.0. The molecule has 172 valence electrons. The van der Waals surface area contributed by atoms with E-state index >= 15 is 0 Å². The van der Waals surface area contributed by atoms with Gasteiger partial charge in [-0.25, -0.2) is 8.42 Å². The first-order valence-corrected chi connectivity index (χ1v) is 12.3. The van der Waals surface area contributed by atoms with Crippen LogP contribution in [0, 0.1) is 0 Å². The van der Waals surface area contributed by atoms with Crippen molar-refractivity contribution in [1.29, 1.82) is 0 Å². The molecule has 2 aliphatic heterocycles. The molecule has 1 atom stereocenters. The highest BCUT2D eigenvalue weighted by molar-refractivity contribution is 7.89. The monoisotopic (exact) mass is 460 g/mol. The Hall–Kier alpha value is -2.69. The molecule has 1 N–H and O–H groups in total. The molecule has 3 heterocycles. The Bertz CT molecular complexity index is 1040. The van der Waals surface area contributed by atoms with Crippen LogP contribution in [0.25, 0.3) is 0 Å². The highest BCUT2D eigenvalue weighted by Gasteiger charge is 2.29. The number of hydrogen-bond donors (Lipinski definition) is 1. The molecule has 2 fully saturated rings. The van der Waals surface area contributed by atoms with Crippen molar-refractivity contribution in [3.8, 4) is 0 Å². The van der Waals surface area contributed by atoms with E-state index in [9.17, 15) is 18.0 Å². The van der Waals surface area contributed by atoms with Crippen molar-refractivity contribution in [3.63, 3.8) is 0 Å². The molecule has 2 aromatic rings. The highest BCUT2D eigenvalue weighted by atomic mass is 32.2. The molecule has 4 rings (SSSR count). The number of carbonyl (C=O) groups is 2. The maximum Gasteiger partial charge on any atom is 0.289 e. The quantitative estimate of drug-likeness (QED) is 0.706. The first kappa shape index (κ1) is 22.5. The van der Waals surface area contributed by atoms with Crippen LogP contribution in [-0.2, 0) is 14.8 Å². The van der Waals surface area contributed by atoms with Crippen molar-refractivity contribution < 1.29 is 22.4 Å². The van der Waals surface area contributed by atoms with Gasteiger partial charge in [0.15, 0.2) is 5.76 Å². The summed E-state index contributed by atoms with van der Waals surface area (Å²) in [4.78, 5) is 29.1. The van der Waals surface area contributed by atoms with Crippen molar-refractivity contribution in [1.82, 2.24) is 14.1 Å². The first-order chi connectivity index (χ1) is 15.4. The number of nitrogens with one attached hydrogen (secondary N) is 1. The van der Waals surface area contributed by atoms with Crippen LogP contribution < -0.4 is 5.32 Å². The molecule has 0 saturated carbocycles. The first-order valence-electron chi connectivity index (χ1n) is 10.8. The molecule has 1 aromatic heterocycles. The minimum absolute atomic E-state index is 0.143. The van der Waals surface area contributed by atoms with Crippen molar-refractivity contribution in [2.24, 2.45) is 0 Å². The molecule has 9 nitrogen and oxygen atoms in total. The van der Waals surface area contributed by atoms with Crippen LogP contribution in [0.4, 0.5) is 5.69 Å². The Morgan fingerprint density at radius 3 is 2.22 bits per heavy atom. The van der Waals surface area contributed by atoms with Gasteiger partial charge in [0, 0.05) is 45.0 Å². The van der Waals surface area contributed by atoms with Gasteiger partial charge in [-0.05, 0) is 56.2 Å². The summed E-state index contributed by atoms with van der Waals surface area (Å²) in [5.74, 6) is 0.00104. The lowest BCUT2D eigenvalue weighted by Crippen LogP contribution is -2.54. The van der Waals surface area contributed by atoms with Crippen LogP contribution in [0.2, 0.25) is 0 Å². The number of benzene rings is 1. The van der Waals surface area contributed by atoms with Crippen LogP contribution in [-0.4, -0.2) is 79.6 Å². The van der Waals surface area contributed by atoms with Crippen LogP contribution in [0.15, 0.2) is 52.0 Å². The number of nitrogens with zero attached hydrogens (tertiary/aromatic N) is 3. The summed E-state index contributed by atoms with van der Waals surface area (Å²) in [5.41, 5.74) is 0.550. The summed E-state index contributed by atoms with van der Waals surface area (Å²) in [7, 11) is -3.47. The molecule has 0 radical (unpaired) electrons. The Morgan fingerprint density at radius 2 is 1.62 bits per heavy atom. The molecule has 0 unspecified atom stereocenters. The second kappa shape index (κ2) is 9.43. The minimum Gasteiger partial charge on any atom is -0.459 e. The highest BCUT2D eigenvalue weighted by Crippen LogP contribution is 2.22. The molecule has 10 heteroatoms. The Kier molecular flexibility index (Phi) is 6.63. The molecule has 2 amide bonds. The molecule has 0 aliphatic carbocycles. The van der Waals surface area contributed by atoms with Gasteiger partial charge in [-0.3, -0.25) is 14.5 Å². The van der Waals surface area contributed by atoms with Gasteiger partial charge in [0.2, 0.25) is 15.9 Å². The number of furan rings is 1. The zero-order valence-corrected chi connectivity index (χ0v) is 18.9. The molecule has 1 aromatic carbocycles. The van der Waals surface area contributed by atoms with Gasteiger partial charge in [-0.2, -0.15) is 4.31 Å². The Labute approximate surface area is 188 Å². The van der Waals surface area contributed by atoms with E-state index in [1.54, 1.807) is 29.2 Å². The number of carbonyl (C=O) groups excluding carboxylic acids is 2. The average Bonchev–Trinajstić information content (AvgIpc) is 3.53. The maximum absolute atomic E-state index is 12.7. The predicted molar refractivity (Wildman–Crippen MR) is 119 cm³/mol. The van der Waals surface area contributed by atoms with Gasteiger partial charge >= 0.3 is 0 Å². The fraction of sp³-hybridized carbons (Fsp3) is 0.455. The van der Waals surface area contributed by atoms with Crippen molar-refractivity contribution in [2.75, 3.05) is 44.6 Å². The second-order valence-electron chi connectivity index (χ2n) is 8.11.